The number of urea groups is 1. The number of carbonyl (C=O) groups is 3. The van der Waals surface area contributed by atoms with Crippen LogP contribution in [0.25, 0.3) is 0 Å². The number of carbonyl (C=O) groups excluding carboxylic acids is 3. The molecule has 0 aliphatic carbocycles. The van der Waals surface area contributed by atoms with E-state index in [1.54, 1.807) is 39.2 Å². The lowest BCUT2D eigenvalue weighted by Crippen LogP contribution is -2.40. The quantitative estimate of drug-likeness (QED) is 0.649. The molecule has 0 spiro atoms. The zero-order valence-electron chi connectivity index (χ0n) is 16.4. The van der Waals surface area contributed by atoms with Gasteiger partial charge in [0.1, 0.15) is 11.3 Å². The normalized spacial score (nSPS) is 15.2. The molecular weight excluding hydrogens is 438 g/mol. The van der Waals surface area contributed by atoms with Crippen molar-refractivity contribution in [3.8, 4) is 5.75 Å². The third kappa shape index (κ3) is 4.59. The molecule has 2 N–H and O–H groups in total. The van der Waals surface area contributed by atoms with Crippen molar-refractivity contribution >= 4 is 33.8 Å². The lowest BCUT2D eigenvalue weighted by molar-refractivity contribution is -0.130. The average Bonchev–Trinajstić information content (AvgIpc) is 2.88. The van der Waals surface area contributed by atoms with Crippen LogP contribution >= 0.6 is 15.9 Å². The van der Waals surface area contributed by atoms with Gasteiger partial charge in [-0.05, 0) is 59.1 Å². The predicted molar refractivity (Wildman–Crippen MR) is 111 cm³/mol. The van der Waals surface area contributed by atoms with E-state index < -0.39 is 5.54 Å². The third-order valence-corrected chi connectivity index (χ3v) is 5.29. The topological polar surface area (TPSA) is 87.7 Å². The SMILES string of the molecule is COc1ccc(C(=O)NCc2ccc(CN3C(=O)NC(C)(C)C3=O)cc2)cc1Br. The molecule has 0 aromatic heterocycles. The Morgan fingerprint density at radius 2 is 1.79 bits per heavy atom. The number of nitrogens with zero attached hydrogens (tertiary/aromatic N) is 1. The van der Waals surface area contributed by atoms with E-state index >= 15 is 0 Å². The zero-order valence-corrected chi connectivity index (χ0v) is 18.0. The number of rotatable bonds is 6. The Balaban J connectivity index is 1.58. The number of amides is 4. The molecule has 8 heteroatoms. The molecule has 1 aliphatic rings. The molecule has 0 radical (unpaired) electrons. The van der Waals surface area contributed by atoms with E-state index in [9.17, 15) is 14.4 Å². The molecule has 1 fully saturated rings. The number of nitrogens with one attached hydrogen (secondary N) is 2. The molecule has 0 unspecified atom stereocenters. The molecule has 0 atom stereocenters. The minimum Gasteiger partial charge on any atom is -0.496 e. The highest BCUT2D eigenvalue weighted by Crippen LogP contribution is 2.25. The second kappa shape index (κ2) is 8.24. The molecule has 1 saturated heterocycles. The molecule has 2 aromatic rings. The largest absolute Gasteiger partial charge is 0.496 e. The Labute approximate surface area is 177 Å². The number of hydrogen-bond donors (Lipinski definition) is 2. The number of methoxy groups -OCH3 is 1. The van der Waals surface area contributed by atoms with E-state index in [-0.39, 0.29) is 24.4 Å². The second-order valence-corrected chi connectivity index (χ2v) is 8.15. The first-order chi connectivity index (χ1) is 13.7. The minimum absolute atomic E-state index is 0.195. The van der Waals surface area contributed by atoms with E-state index in [0.717, 1.165) is 11.1 Å². The summed E-state index contributed by atoms with van der Waals surface area (Å²) in [5.41, 5.74) is 1.39. The number of benzene rings is 2. The van der Waals surface area contributed by atoms with Gasteiger partial charge in [-0.1, -0.05) is 24.3 Å². The fraction of sp³-hybridized carbons (Fsp3) is 0.286. The summed E-state index contributed by atoms with van der Waals surface area (Å²) in [5, 5.41) is 5.53. The van der Waals surface area contributed by atoms with E-state index in [4.69, 9.17) is 4.74 Å². The van der Waals surface area contributed by atoms with Crippen LogP contribution in [0.2, 0.25) is 0 Å². The van der Waals surface area contributed by atoms with Crippen LogP contribution in [-0.2, 0) is 17.9 Å². The third-order valence-electron chi connectivity index (χ3n) is 4.68. The molecule has 0 bridgehead atoms. The molecule has 7 nitrogen and oxygen atoms in total. The van der Waals surface area contributed by atoms with Crippen molar-refractivity contribution in [1.29, 1.82) is 0 Å². The lowest BCUT2D eigenvalue weighted by Gasteiger charge is -2.16. The maximum absolute atomic E-state index is 12.3. The monoisotopic (exact) mass is 459 g/mol. The van der Waals surface area contributed by atoms with Gasteiger partial charge >= 0.3 is 6.03 Å². The highest BCUT2D eigenvalue weighted by molar-refractivity contribution is 9.10. The Morgan fingerprint density at radius 3 is 2.34 bits per heavy atom. The molecule has 152 valence electrons. The van der Waals surface area contributed by atoms with Gasteiger partial charge in [0.25, 0.3) is 11.8 Å². The van der Waals surface area contributed by atoms with Gasteiger partial charge in [-0.15, -0.1) is 0 Å². The van der Waals surface area contributed by atoms with Gasteiger partial charge in [-0.25, -0.2) is 4.79 Å². The van der Waals surface area contributed by atoms with E-state index in [1.165, 1.54) is 4.90 Å². The maximum Gasteiger partial charge on any atom is 0.325 e. The van der Waals surface area contributed by atoms with Crippen LogP contribution in [0, 0.1) is 0 Å². The summed E-state index contributed by atoms with van der Waals surface area (Å²) < 4.78 is 5.87. The van der Waals surface area contributed by atoms with E-state index in [2.05, 4.69) is 26.6 Å². The highest BCUT2D eigenvalue weighted by atomic mass is 79.9. The van der Waals surface area contributed by atoms with Crippen molar-refractivity contribution in [2.45, 2.75) is 32.5 Å². The first-order valence-corrected chi connectivity index (χ1v) is 9.84. The fourth-order valence-electron chi connectivity index (χ4n) is 3.00. The zero-order chi connectivity index (χ0) is 21.2. The predicted octanol–water partition coefficient (Wildman–Crippen LogP) is 3.22. The Morgan fingerprint density at radius 1 is 1.14 bits per heavy atom. The summed E-state index contributed by atoms with van der Waals surface area (Å²) in [4.78, 5) is 37.8. The smallest absolute Gasteiger partial charge is 0.325 e. The first kappa shape index (κ1) is 20.9. The fourth-order valence-corrected chi connectivity index (χ4v) is 3.54. The minimum atomic E-state index is -0.877. The van der Waals surface area contributed by atoms with Crippen LogP contribution in [0.4, 0.5) is 4.79 Å². The van der Waals surface area contributed by atoms with Crippen LogP contribution < -0.4 is 15.4 Å². The van der Waals surface area contributed by atoms with Gasteiger partial charge in [0, 0.05) is 12.1 Å². The van der Waals surface area contributed by atoms with Crippen LogP contribution in [0.3, 0.4) is 0 Å². The van der Waals surface area contributed by atoms with Gasteiger partial charge in [-0.2, -0.15) is 0 Å². The molecule has 2 aromatic carbocycles. The summed E-state index contributed by atoms with van der Waals surface area (Å²) >= 11 is 3.37. The van der Waals surface area contributed by atoms with Crippen molar-refractivity contribution in [2.75, 3.05) is 7.11 Å². The van der Waals surface area contributed by atoms with Gasteiger partial charge in [0.05, 0.1) is 18.1 Å². The van der Waals surface area contributed by atoms with Crippen LogP contribution in [-0.4, -0.2) is 35.4 Å². The maximum atomic E-state index is 12.3. The number of hydrogen-bond acceptors (Lipinski definition) is 4. The summed E-state index contributed by atoms with van der Waals surface area (Å²) in [7, 11) is 1.57. The summed E-state index contributed by atoms with van der Waals surface area (Å²) in [6, 6.07) is 12.2. The van der Waals surface area contributed by atoms with Crippen molar-refractivity contribution in [2.24, 2.45) is 0 Å². The Kier molecular flexibility index (Phi) is 5.93. The average molecular weight is 460 g/mol. The number of imide groups is 1. The van der Waals surface area contributed by atoms with Gasteiger partial charge < -0.3 is 15.4 Å². The first-order valence-electron chi connectivity index (χ1n) is 9.05. The highest BCUT2D eigenvalue weighted by Gasteiger charge is 2.43. The van der Waals surface area contributed by atoms with Crippen LogP contribution in [0.1, 0.15) is 35.3 Å². The molecule has 29 heavy (non-hydrogen) atoms. The van der Waals surface area contributed by atoms with Crippen LogP contribution in [0.15, 0.2) is 46.9 Å². The molecular formula is C21H22BrN3O4. The Hall–Kier alpha value is -2.87. The van der Waals surface area contributed by atoms with E-state index in [0.29, 0.717) is 22.3 Å². The van der Waals surface area contributed by atoms with Gasteiger partial charge in [0.15, 0.2) is 0 Å². The summed E-state index contributed by atoms with van der Waals surface area (Å²) in [6.07, 6.45) is 0. The number of ether oxygens (including phenoxy) is 1. The molecule has 0 saturated carbocycles. The van der Waals surface area contributed by atoms with Crippen molar-refractivity contribution in [1.82, 2.24) is 15.5 Å². The summed E-state index contributed by atoms with van der Waals surface area (Å²) in [6.45, 7) is 3.93. The Bertz CT molecular complexity index is 957. The number of halogens is 1. The van der Waals surface area contributed by atoms with Crippen molar-refractivity contribution < 1.29 is 19.1 Å². The van der Waals surface area contributed by atoms with Crippen molar-refractivity contribution in [3.63, 3.8) is 0 Å². The van der Waals surface area contributed by atoms with Gasteiger partial charge in [0.2, 0.25) is 0 Å². The van der Waals surface area contributed by atoms with Crippen molar-refractivity contribution in [3.05, 3.63) is 63.6 Å². The van der Waals surface area contributed by atoms with Gasteiger partial charge in [-0.3, -0.25) is 14.5 Å². The standard InChI is InChI=1S/C21H22BrN3O4/c1-21(2)19(27)25(20(28)24-21)12-14-6-4-13(5-7-14)11-23-18(26)15-8-9-17(29-3)16(22)10-15/h4-10H,11-12H2,1-3H3,(H,23,26)(H,24,28). The van der Waals surface area contributed by atoms with Crippen LogP contribution in [0.5, 0.6) is 5.75 Å². The molecule has 3 rings (SSSR count). The lowest BCUT2D eigenvalue weighted by atomic mass is 10.1. The van der Waals surface area contributed by atoms with E-state index in [1.807, 2.05) is 24.3 Å². The second-order valence-electron chi connectivity index (χ2n) is 7.29. The molecule has 1 heterocycles. The molecule has 1 aliphatic heterocycles. The molecule has 4 amide bonds. The summed E-state index contributed by atoms with van der Waals surface area (Å²) in [5.74, 6) is 0.217.